The SMILES string of the molecule is C[C@H]1CSc2ccc(S(=O)(=O)CCC(=O)NCc3ccc4c(c3)OCO4)cc2NC1=O. The first-order valence-electron chi connectivity index (χ1n) is 9.77. The van der Waals surface area contributed by atoms with E-state index in [4.69, 9.17) is 9.47 Å². The average molecular weight is 463 g/mol. The monoisotopic (exact) mass is 462 g/mol. The molecule has 0 bridgehead atoms. The molecule has 164 valence electrons. The number of thioether (sulfide) groups is 1. The van der Waals surface area contributed by atoms with Crippen LogP contribution in [-0.4, -0.2) is 38.5 Å². The summed E-state index contributed by atoms with van der Waals surface area (Å²) in [6.07, 6.45) is -0.165. The Balaban J connectivity index is 1.35. The van der Waals surface area contributed by atoms with Crippen molar-refractivity contribution in [3.8, 4) is 11.5 Å². The molecule has 2 aliphatic rings. The second-order valence-corrected chi connectivity index (χ2v) is 10.6. The van der Waals surface area contributed by atoms with Crippen molar-refractivity contribution in [3.05, 3.63) is 42.0 Å². The van der Waals surface area contributed by atoms with E-state index in [9.17, 15) is 18.0 Å². The van der Waals surface area contributed by atoms with Crippen molar-refractivity contribution in [1.82, 2.24) is 5.32 Å². The second kappa shape index (κ2) is 8.80. The van der Waals surface area contributed by atoms with Crippen LogP contribution in [0.5, 0.6) is 11.5 Å². The molecule has 0 fully saturated rings. The van der Waals surface area contributed by atoms with Crippen LogP contribution in [0.4, 0.5) is 5.69 Å². The van der Waals surface area contributed by atoms with E-state index in [0.717, 1.165) is 10.5 Å². The first-order valence-corrected chi connectivity index (χ1v) is 12.4. The maximum Gasteiger partial charge on any atom is 0.231 e. The first kappa shape index (κ1) is 21.5. The van der Waals surface area contributed by atoms with E-state index < -0.39 is 9.84 Å². The molecule has 8 nitrogen and oxygen atoms in total. The van der Waals surface area contributed by atoms with E-state index in [0.29, 0.717) is 22.9 Å². The lowest BCUT2D eigenvalue weighted by atomic mass is 10.2. The molecular formula is C21H22N2O6S2. The maximum atomic E-state index is 12.7. The fourth-order valence-electron chi connectivity index (χ4n) is 3.16. The normalized spacial score (nSPS) is 17.5. The summed E-state index contributed by atoms with van der Waals surface area (Å²) in [4.78, 5) is 25.2. The number of ether oxygens (including phenoxy) is 2. The lowest BCUT2D eigenvalue weighted by Crippen LogP contribution is -2.25. The molecule has 2 N–H and O–H groups in total. The highest BCUT2D eigenvalue weighted by molar-refractivity contribution is 7.99. The summed E-state index contributed by atoms with van der Waals surface area (Å²) in [6.45, 7) is 2.26. The molecule has 0 aromatic heterocycles. The Hall–Kier alpha value is -2.72. The molecule has 0 spiro atoms. The van der Waals surface area contributed by atoms with Gasteiger partial charge in [-0.3, -0.25) is 9.59 Å². The van der Waals surface area contributed by atoms with Crippen LogP contribution in [-0.2, 0) is 26.0 Å². The van der Waals surface area contributed by atoms with Gasteiger partial charge in [0.15, 0.2) is 21.3 Å². The quantitative estimate of drug-likeness (QED) is 0.679. The summed E-state index contributed by atoms with van der Waals surface area (Å²) in [7, 11) is -3.68. The Labute approximate surface area is 184 Å². The zero-order valence-electron chi connectivity index (χ0n) is 16.8. The summed E-state index contributed by atoms with van der Waals surface area (Å²) in [5.41, 5.74) is 1.32. The summed E-state index contributed by atoms with van der Waals surface area (Å²) in [5, 5.41) is 5.51. The number of nitrogens with one attached hydrogen (secondary N) is 2. The summed E-state index contributed by atoms with van der Waals surface area (Å²) in [6, 6.07) is 10.1. The molecule has 2 heterocycles. The fourth-order valence-corrected chi connectivity index (χ4v) is 5.43. The Kier molecular flexibility index (Phi) is 6.10. The van der Waals surface area contributed by atoms with Gasteiger partial charge in [0.2, 0.25) is 18.6 Å². The minimum Gasteiger partial charge on any atom is -0.454 e. The Morgan fingerprint density at radius 3 is 2.84 bits per heavy atom. The number of rotatable bonds is 6. The molecular weight excluding hydrogens is 440 g/mol. The van der Waals surface area contributed by atoms with Gasteiger partial charge in [-0.25, -0.2) is 8.42 Å². The Morgan fingerprint density at radius 1 is 1.19 bits per heavy atom. The van der Waals surface area contributed by atoms with Gasteiger partial charge in [0, 0.05) is 29.5 Å². The van der Waals surface area contributed by atoms with Crippen LogP contribution < -0.4 is 20.1 Å². The van der Waals surface area contributed by atoms with Crippen molar-refractivity contribution in [3.63, 3.8) is 0 Å². The van der Waals surface area contributed by atoms with Gasteiger partial charge in [0.25, 0.3) is 0 Å². The largest absolute Gasteiger partial charge is 0.454 e. The highest BCUT2D eigenvalue weighted by atomic mass is 32.2. The molecule has 2 aromatic rings. The molecule has 4 rings (SSSR count). The average Bonchev–Trinajstić information content (AvgIpc) is 3.17. The van der Waals surface area contributed by atoms with Crippen LogP contribution in [0.15, 0.2) is 46.2 Å². The first-order chi connectivity index (χ1) is 14.8. The number of carbonyl (C=O) groups excluding carboxylic acids is 2. The predicted octanol–water partition coefficient (Wildman–Crippen LogP) is 2.58. The zero-order valence-corrected chi connectivity index (χ0v) is 18.5. The number of fused-ring (bicyclic) bond motifs is 2. The topological polar surface area (TPSA) is 111 Å². The number of amides is 2. The minimum absolute atomic E-state index is 0.0882. The molecule has 2 aliphatic heterocycles. The number of anilines is 1. The second-order valence-electron chi connectivity index (χ2n) is 7.39. The van der Waals surface area contributed by atoms with Crippen LogP contribution in [0, 0.1) is 5.92 Å². The van der Waals surface area contributed by atoms with E-state index in [1.165, 1.54) is 23.9 Å². The van der Waals surface area contributed by atoms with Crippen LogP contribution in [0.1, 0.15) is 18.9 Å². The van der Waals surface area contributed by atoms with Crippen molar-refractivity contribution in [2.45, 2.75) is 29.7 Å². The Bertz CT molecular complexity index is 1130. The molecule has 0 saturated carbocycles. The summed E-state index contributed by atoms with van der Waals surface area (Å²) >= 11 is 1.51. The van der Waals surface area contributed by atoms with Crippen molar-refractivity contribution >= 4 is 39.1 Å². The van der Waals surface area contributed by atoms with Gasteiger partial charge in [-0.15, -0.1) is 11.8 Å². The lowest BCUT2D eigenvalue weighted by Gasteiger charge is -2.10. The molecule has 31 heavy (non-hydrogen) atoms. The zero-order chi connectivity index (χ0) is 22.0. The van der Waals surface area contributed by atoms with Crippen LogP contribution in [0.3, 0.4) is 0 Å². The predicted molar refractivity (Wildman–Crippen MR) is 116 cm³/mol. The number of sulfone groups is 1. The van der Waals surface area contributed by atoms with Gasteiger partial charge in [0.05, 0.1) is 16.3 Å². The van der Waals surface area contributed by atoms with E-state index in [1.54, 1.807) is 18.2 Å². The van der Waals surface area contributed by atoms with Gasteiger partial charge >= 0.3 is 0 Å². The minimum atomic E-state index is -3.68. The van der Waals surface area contributed by atoms with E-state index >= 15 is 0 Å². The van der Waals surface area contributed by atoms with Crippen LogP contribution in [0.25, 0.3) is 0 Å². The highest BCUT2D eigenvalue weighted by Gasteiger charge is 2.23. The highest BCUT2D eigenvalue weighted by Crippen LogP contribution is 2.34. The third-order valence-corrected chi connectivity index (χ3v) is 8.08. The fraction of sp³-hybridized carbons (Fsp3) is 0.333. The smallest absolute Gasteiger partial charge is 0.231 e. The standard InChI is InChI=1S/C21H22N2O6S2/c1-13-11-30-19-5-3-15(9-16(19)23-21(13)25)31(26,27)7-6-20(24)22-10-14-2-4-17-18(8-14)29-12-28-17/h2-5,8-9,13H,6-7,10-12H2,1H3,(H,22,24)(H,23,25)/t13-/m0/s1. The van der Waals surface area contributed by atoms with Gasteiger partial charge in [-0.2, -0.15) is 0 Å². The third-order valence-electron chi connectivity index (χ3n) is 5.03. The lowest BCUT2D eigenvalue weighted by molar-refractivity contribution is -0.121. The van der Waals surface area contributed by atoms with E-state index in [1.807, 2.05) is 13.0 Å². The molecule has 0 radical (unpaired) electrons. The maximum absolute atomic E-state index is 12.7. The summed E-state index contributed by atoms with van der Waals surface area (Å²) < 4.78 is 36.0. The third kappa shape index (κ3) is 4.96. The van der Waals surface area contributed by atoms with Gasteiger partial charge in [-0.05, 0) is 35.9 Å². The number of benzene rings is 2. The number of hydrogen-bond donors (Lipinski definition) is 2. The van der Waals surface area contributed by atoms with Crippen molar-refractivity contribution in [2.75, 3.05) is 23.6 Å². The van der Waals surface area contributed by atoms with Gasteiger partial charge in [-0.1, -0.05) is 13.0 Å². The molecule has 2 aromatic carbocycles. The van der Waals surface area contributed by atoms with Crippen molar-refractivity contribution in [1.29, 1.82) is 0 Å². The van der Waals surface area contributed by atoms with E-state index in [2.05, 4.69) is 10.6 Å². The number of carbonyl (C=O) groups is 2. The molecule has 0 saturated heterocycles. The van der Waals surface area contributed by atoms with Crippen LogP contribution in [0.2, 0.25) is 0 Å². The molecule has 10 heteroatoms. The van der Waals surface area contributed by atoms with Gasteiger partial charge < -0.3 is 20.1 Å². The van der Waals surface area contributed by atoms with Crippen molar-refractivity contribution < 1.29 is 27.5 Å². The molecule has 0 unspecified atom stereocenters. The van der Waals surface area contributed by atoms with E-state index in [-0.39, 0.29) is 48.1 Å². The molecule has 1 atom stereocenters. The van der Waals surface area contributed by atoms with Crippen molar-refractivity contribution in [2.24, 2.45) is 5.92 Å². The Morgan fingerprint density at radius 2 is 2.00 bits per heavy atom. The molecule has 0 aliphatic carbocycles. The van der Waals surface area contributed by atoms with Gasteiger partial charge in [0.1, 0.15) is 0 Å². The summed E-state index contributed by atoms with van der Waals surface area (Å²) in [5.74, 6) is 0.927. The van der Waals surface area contributed by atoms with Crippen LogP contribution >= 0.6 is 11.8 Å². The number of hydrogen-bond acceptors (Lipinski definition) is 7. The molecule has 2 amide bonds.